The maximum atomic E-state index is 13.5. The lowest BCUT2D eigenvalue weighted by Crippen LogP contribution is -2.32. The fourth-order valence-electron chi connectivity index (χ4n) is 4.63. The molecule has 3 heterocycles. The van der Waals surface area contributed by atoms with Crippen LogP contribution in [0.1, 0.15) is 41.6 Å². The number of hydrogen-bond donors (Lipinski definition) is 1. The molecular weight excluding hydrogens is 410 g/mol. The van der Waals surface area contributed by atoms with Gasteiger partial charge in [-0.1, -0.05) is 24.3 Å². The molecule has 31 heavy (non-hydrogen) atoms. The summed E-state index contributed by atoms with van der Waals surface area (Å²) in [6.45, 7) is 0. The van der Waals surface area contributed by atoms with Crippen LogP contribution in [0.15, 0.2) is 60.8 Å². The molecule has 8 heteroatoms. The van der Waals surface area contributed by atoms with Crippen LogP contribution >= 0.6 is 0 Å². The molecule has 2 amide bonds. The van der Waals surface area contributed by atoms with E-state index in [9.17, 15) is 22.4 Å². The number of pyridine rings is 1. The lowest BCUT2D eigenvalue weighted by Gasteiger charge is -2.23. The lowest BCUT2D eigenvalue weighted by atomic mass is 9.92. The highest BCUT2D eigenvalue weighted by Crippen LogP contribution is 2.53. The van der Waals surface area contributed by atoms with E-state index < -0.39 is 17.6 Å². The first kappa shape index (κ1) is 19.5. The second kappa shape index (κ2) is 7.08. The van der Waals surface area contributed by atoms with Crippen LogP contribution < -0.4 is 5.32 Å². The number of hydrogen-bond acceptors (Lipinski definition) is 2. The molecule has 2 unspecified atom stereocenters. The Morgan fingerprint density at radius 2 is 1.68 bits per heavy atom. The number of halogens is 4. The van der Waals surface area contributed by atoms with Crippen molar-refractivity contribution in [1.82, 2.24) is 9.88 Å². The molecule has 2 atom stereocenters. The molecule has 1 N–H and O–H groups in total. The topological polar surface area (TPSA) is 45.2 Å². The van der Waals surface area contributed by atoms with Gasteiger partial charge < -0.3 is 10.2 Å². The molecular formula is C23H17F4N3O. The van der Waals surface area contributed by atoms with Crippen LogP contribution in [0, 0.1) is 5.82 Å². The van der Waals surface area contributed by atoms with Gasteiger partial charge >= 0.3 is 12.2 Å². The van der Waals surface area contributed by atoms with Crippen LogP contribution in [0.5, 0.6) is 0 Å². The van der Waals surface area contributed by atoms with Crippen molar-refractivity contribution in [3.05, 3.63) is 83.3 Å². The van der Waals surface area contributed by atoms with Gasteiger partial charge in [0.1, 0.15) is 5.82 Å². The zero-order chi connectivity index (χ0) is 21.8. The summed E-state index contributed by atoms with van der Waals surface area (Å²) < 4.78 is 53.8. The summed E-state index contributed by atoms with van der Waals surface area (Å²) in [5.41, 5.74) is 1.30. The standard InChI is InChI=1S/C23H17F4N3O/c24-13-5-8-19(28-12-13)17-11-14(6-7-18(17)23(25,26)27)29-22(31)30-20-9-10-21(30)16-4-2-1-3-15(16)20/h1-8,11-12,20-21H,9-10H2,(H,29,31). The fraction of sp³-hybridized carbons (Fsp3) is 0.217. The molecule has 5 rings (SSSR count). The first-order valence-corrected chi connectivity index (χ1v) is 9.84. The van der Waals surface area contributed by atoms with E-state index in [0.717, 1.165) is 42.3 Å². The lowest BCUT2D eigenvalue weighted by molar-refractivity contribution is -0.137. The van der Waals surface area contributed by atoms with Crippen LogP contribution in [0.3, 0.4) is 0 Å². The van der Waals surface area contributed by atoms with E-state index >= 15 is 0 Å². The molecule has 1 saturated heterocycles. The number of benzene rings is 2. The summed E-state index contributed by atoms with van der Waals surface area (Å²) in [6.07, 6.45) is -2.05. The molecule has 1 aromatic heterocycles. The predicted molar refractivity (Wildman–Crippen MR) is 107 cm³/mol. The van der Waals surface area contributed by atoms with Gasteiger partial charge in [0, 0.05) is 11.3 Å². The summed E-state index contributed by atoms with van der Waals surface area (Å²) in [5, 5.41) is 2.74. The number of fused-ring (bicyclic) bond motifs is 5. The van der Waals surface area contributed by atoms with Gasteiger partial charge in [-0.05, 0) is 54.3 Å². The SMILES string of the molecule is O=C(Nc1ccc(C(F)(F)F)c(-c2ccc(F)cn2)c1)N1C2CCC1c1ccccc12. The molecule has 2 aliphatic heterocycles. The van der Waals surface area contributed by atoms with E-state index in [2.05, 4.69) is 10.3 Å². The third-order valence-electron chi connectivity index (χ3n) is 5.91. The summed E-state index contributed by atoms with van der Waals surface area (Å²) in [4.78, 5) is 18.6. The number of carbonyl (C=O) groups is 1. The molecule has 2 aromatic carbocycles. The number of rotatable bonds is 2. The van der Waals surface area contributed by atoms with E-state index in [1.807, 2.05) is 24.3 Å². The van der Waals surface area contributed by atoms with Gasteiger partial charge in [0.15, 0.2) is 0 Å². The first-order valence-electron chi connectivity index (χ1n) is 9.84. The maximum Gasteiger partial charge on any atom is 0.417 e. The minimum atomic E-state index is -4.62. The smallest absolute Gasteiger partial charge is 0.310 e. The highest BCUT2D eigenvalue weighted by molar-refractivity contribution is 5.92. The van der Waals surface area contributed by atoms with Gasteiger partial charge in [0.2, 0.25) is 0 Å². The van der Waals surface area contributed by atoms with Crippen molar-refractivity contribution in [3.63, 3.8) is 0 Å². The summed E-state index contributed by atoms with van der Waals surface area (Å²) in [6, 6.07) is 13.1. The second-order valence-corrected chi connectivity index (χ2v) is 7.70. The quantitative estimate of drug-likeness (QED) is 0.486. The Labute approximate surface area is 175 Å². The van der Waals surface area contributed by atoms with Crippen LogP contribution in [-0.2, 0) is 6.18 Å². The summed E-state index contributed by atoms with van der Waals surface area (Å²) in [5.74, 6) is -0.647. The number of carbonyl (C=O) groups excluding carboxylic acids is 1. The van der Waals surface area contributed by atoms with E-state index in [-0.39, 0.29) is 35.1 Å². The zero-order valence-corrected chi connectivity index (χ0v) is 16.2. The van der Waals surface area contributed by atoms with Crippen molar-refractivity contribution < 1.29 is 22.4 Å². The zero-order valence-electron chi connectivity index (χ0n) is 16.2. The Kier molecular flexibility index (Phi) is 4.46. The van der Waals surface area contributed by atoms with Crippen molar-refractivity contribution in [1.29, 1.82) is 0 Å². The van der Waals surface area contributed by atoms with Crippen LogP contribution in [-0.4, -0.2) is 15.9 Å². The Bertz CT molecular complexity index is 1130. The van der Waals surface area contributed by atoms with Crippen LogP contribution in [0.4, 0.5) is 28.0 Å². The highest BCUT2D eigenvalue weighted by Gasteiger charge is 2.46. The predicted octanol–water partition coefficient (Wildman–Crippen LogP) is 6.33. The Morgan fingerprint density at radius 1 is 1.00 bits per heavy atom. The van der Waals surface area contributed by atoms with Crippen LogP contribution in [0.2, 0.25) is 0 Å². The molecule has 158 valence electrons. The summed E-state index contributed by atoms with van der Waals surface area (Å²) >= 11 is 0. The number of nitrogens with one attached hydrogen (secondary N) is 1. The monoisotopic (exact) mass is 427 g/mol. The summed E-state index contributed by atoms with van der Waals surface area (Å²) in [7, 11) is 0. The molecule has 4 nitrogen and oxygen atoms in total. The van der Waals surface area contributed by atoms with Gasteiger partial charge in [-0.15, -0.1) is 0 Å². The minimum Gasteiger partial charge on any atom is -0.310 e. The average molecular weight is 427 g/mol. The minimum absolute atomic E-state index is 0.0292. The molecule has 1 fully saturated rings. The fourth-order valence-corrected chi connectivity index (χ4v) is 4.63. The highest BCUT2D eigenvalue weighted by atomic mass is 19.4. The number of alkyl halides is 3. The largest absolute Gasteiger partial charge is 0.417 e. The number of aromatic nitrogens is 1. The van der Waals surface area contributed by atoms with Crippen LogP contribution in [0.25, 0.3) is 11.3 Å². The Morgan fingerprint density at radius 3 is 2.26 bits per heavy atom. The van der Waals surface area contributed by atoms with E-state index in [1.54, 1.807) is 4.90 Å². The number of anilines is 1. The molecule has 0 saturated carbocycles. The maximum absolute atomic E-state index is 13.5. The molecule has 0 spiro atoms. The van der Waals surface area contributed by atoms with Gasteiger partial charge in [0.25, 0.3) is 0 Å². The van der Waals surface area contributed by atoms with Gasteiger partial charge in [-0.3, -0.25) is 4.98 Å². The van der Waals surface area contributed by atoms with Gasteiger partial charge in [-0.25, -0.2) is 9.18 Å². The number of nitrogens with zero attached hydrogens (tertiary/aromatic N) is 2. The van der Waals surface area contributed by atoms with E-state index in [0.29, 0.717) is 0 Å². The molecule has 3 aromatic rings. The number of urea groups is 1. The molecule has 0 radical (unpaired) electrons. The Balaban J connectivity index is 1.46. The first-order chi connectivity index (χ1) is 14.8. The molecule has 2 bridgehead atoms. The Hall–Kier alpha value is -3.42. The van der Waals surface area contributed by atoms with Crippen molar-refractivity contribution >= 4 is 11.7 Å². The van der Waals surface area contributed by atoms with Gasteiger partial charge in [0.05, 0.1) is 29.5 Å². The molecule has 0 aliphatic carbocycles. The van der Waals surface area contributed by atoms with Crippen molar-refractivity contribution in [2.24, 2.45) is 0 Å². The van der Waals surface area contributed by atoms with Crippen molar-refractivity contribution in [3.8, 4) is 11.3 Å². The third kappa shape index (κ3) is 3.32. The number of amides is 2. The third-order valence-corrected chi connectivity index (χ3v) is 5.91. The van der Waals surface area contributed by atoms with E-state index in [4.69, 9.17) is 0 Å². The second-order valence-electron chi connectivity index (χ2n) is 7.70. The van der Waals surface area contributed by atoms with Gasteiger partial charge in [-0.2, -0.15) is 13.2 Å². The van der Waals surface area contributed by atoms with Crippen molar-refractivity contribution in [2.75, 3.05) is 5.32 Å². The van der Waals surface area contributed by atoms with Crippen molar-refractivity contribution in [2.45, 2.75) is 31.1 Å². The average Bonchev–Trinajstić information content (AvgIpc) is 3.31. The normalized spacial score (nSPS) is 19.4. The molecule has 2 aliphatic rings. The van der Waals surface area contributed by atoms with E-state index in [1.165, 1.54) is 18.2 Å².